The number of ether oxygens (including phenoxy) is 1. The molecule has 0 saturated heterocycles. The molecule has 2 rings (SSSR count). The number of nitrogens with two attached hydrogens (primary N) is 1. The van der Waals surface area contributed by atoms with E-state index < -0.39 is 77.5 Å². The van der Waals surface area contributed by atoms with Gasteiger partial charge in [0.15, 0.2) is 12.4 Å². The minimum Gasteiger partial charge on any atom is -0.484 e. The highest BCUT2D eigenvalue weighted by atomic mass is 16.5. The molecule has 0 spiro atoms. The predicted octanol–water partition coefficient (Wildman–Crippen LogP) is 2.49. The molecule has 26 nitrogen and oxygen atoms in total. The van der Waals surface area contributed by atoms with Gasteiger partial charge in [0.1, 0.15) is 17.6 Å². The number of ketones is 2. The first-order valence-electron chi connectivity index (χ1n) is 27.5. The number of carboxylic acid groups (broad SMARTS) is 1. The van der Waals surface area contributed by atoms with E-state index in [2.05, 4.69) is 21.3 Å². The summed E-state index contributed by atoms with van der Waals surface area (Å²) in [4.78, 5) is 148. The lowest BCUT2D eigenvalue weighted by molar-refractivity contribution is -0.166. The van der Waals surface area contributed by atoms with E-state index in [4.69, 9.17) is 10.5 Å². The molecule has 0 aliphatic carbocycles. The number of hydrogen-bond acceptors (Lipinski definition) is 17. The van der Waals surface area contributed by atoms with Crippen LogP contribution in [0.3, 0.4) is 0 Å². The Hall–Kier alpha value is -7.16. The Morgan fingerprint density at radius 3 is 1.81 bits per heavy atom. The summed E-state index contributed by atoms with van der Waals surface area (Å²) in [6, 6.07) is 4.65. The smallest absolute Gasteiger partial charge is 0.326 e. The van der Waals surface area contributed by atoms with Crippen molar-refractivity contribution in [3.8, 4) is 5.75 Å². The van der Waals surface area contributed by atoms with Crippen LogP contribution in [0.1, 0.15) is 159 Å². The number of hydrogen-bond donors (Lipinski definition) is 9. The number of nitrogens with one attached hydrogen (secondary N) is 4. The number of unbranched alkanes of at least 4 members (excludes halogenated alkanes) is 9. The molecule has 1 aliphatic rings. The van der Waals surface area contributed by atoms with Crippen molar-refractivity contribution in [2.45, 2.75) is 154 Å². The van der Waals surface area contributed by atoms with Crippen molar-refractivity contribution >= 4 is 70.7 Å². The van der Waals surface area contributed by atoms with Crippen LogP contribution in [-0.4, -0.2) is 177 Å². The molecule has 0 fully saturated rings. The first kappa shape index (κ1) is 68.9. The fraction of sp³-hybridized carbons (Fsp3) is 0.630. The van der Waals surface area contributed by atoms with Gasteiger partial charge >= 0.3 is 5.97 Å². The van der Waals surface area contributed by atoms with Crippen molar-refractivity contribution in [1.82, 2.24) is 41.4 Å². The molecule has 0 bridgehead atoms. The Morgan fingerprint density at radius 1 is 0.625 bits per heavy atom. The van der Waals surface area contributed by atoms with Crippen LogP contribution >= 0.6 is 0 Å². The van der Waals surface area contributed by atoms with Crippen LogP contribution in [0.4, 0.5) is 0 Å². The number of imide groups is 1. The fourth-order valence-corrected chi connectivity index (χ4v) is 8.10. The summed E-state index contributed by atoms with van der Waals surface area (Å²) in [7, 11) is 0. The molecule has 1 aromatic rings. The molecule has 0 saturated carbocycles. The summed E-state index contributed by atoms with van der Waals surface area (Å²) in [5, 5.41) is 51.5. The quantitative estimate of drug-likeness (QED) is 0.0196. The highest BCUT2D eigenvalue weighted by Gasteiger charge is 2.28. The molecule has 26 heteroatoms. The van der Waals surface area contributed by atoms with E-state index in [1.807, 2.05) is 0 Å². The molecule has 0 aromatic heterocycles. The molecule has 446 valence electrons. The number of amides is 9. The van der Waals surface area contributed by atoms with E-state index in [0.717, 1.165) is 17.1 Å². The number of carbonyl (C=O) groups is 12. The first-order chi connectivity index (χ1) is 38.2. The van der Waals surface area contributed by atoms with Crippen molar-refractivity contribution in [3.63, 3.8) is 0 Å². The molecular formula is C54H83N9O17. The largest absolute Gasteiger partial charge is 0.484 e. The maximum absolute atomic E-state index is 13.3. The standard InChI is InChI=1S/C54H83N9O17/c1-39(64)61(77)32-13-4-10-29-56-46(67)23-25-51(72)63(79)33-12-3-2-6-19-42(65)22-24-50(71)62(78)34-14-5-11-30-57-47(68)38-80-44-20-16-18-41(36-44)52(73)58-37-43(66)35-40(17-7-9-28-55)53(74)59-45(54(75)76)21-8-15-31-60-48(69)26-27-49(60)70/h16,18,20,26-27,36,40,45,77-79H,2-15,17,19,21-25,28-35,37-38,55H2,1H3,(H,56,67)(H,57,68)(H,58,73)(H,59,74)(H,75,76)/t40-,45+/m1/s1. The van der Waals surface area contributed by atoms with Gasteiger partial charge in [-0.25, -0.2) is 20.0 Å². The highest BCUT2D eigenvalue weighted by Crippen LogP contribution is 2.17. The Balaban J connectivity index is 1.57. The molecule has 2 atom stereocenters. The van der Waals surface area contributed by atoms with Gasteiger partial charge in [-0.15, -0.1) is 0 Å². The average molecular weight is 1130 g/mol. The number of Topliss-reactive ketones (excluding diaryl/α,β-unsaturated/α-hetero) is 2. The van der Waals surface area contributed by atoms with Crippen LogP contribution in [0.15, 0.2) is 36.4 Å². The molecule has 0 unspecified atom stereocenters. The topological polar surface area (TPSA) is 382 Å². The third kappa shape index (κ3) is 30.3. The van der Waals surface area contributed by atoms with E-state index in [1.165, 1.54) is 31.2 Å². The third-order valence-corrected chi connectivity index (χ3v) is 12.8. The third-order valence-electron chi connectivity index (χ3n) is 12.8. The van der Waals surface area contributed by atoms with Gasteiger partial charge < -0.3 is 36.8 Å². The molecule has 1 aliphatic heterocycles. The van der Waals surface area contributed by atoms with E-state index in [0.29, 0.717) is 112 Å². The lowest BCUT2D eigenvalue weighted by atomic mass is 9.94. The lowest BCUT2D eigenvalue weighted by Crippen LogP contribution is -2.44. The lowest BCUT2D eigenvalue weighted by Gasteiger charge is -2.21. The normalized spacial score (nSPS) is 12.5. The zero-order valence-electron chi connectivity index (χ0n) is 46.0. The number of benzene rings is 1. The number of carboxylic acids is 1. The van der Waals surface area contributed by atoms with Gasteiger partial charge in [-0.05, 0) is 108 Å². The van der Waals surface area contributed by atoms with E-state index in [-0.39, 0.29) is 120 Å². The number of carbonyl (C=O) groups excluding carboxylic acids is 11. The van der Waals surface area contributed by atoms with Gasteiger partial charge in [-0.2, -0.15) is 0 Å². The summed E-state index contributed by atoms with van der Waals surface area (Å²) in [5.74, 6) is -7.12. The van der Waals surface area contributed by atoms with Gasteiger partial charge in [0.05, 0.1) is 6.54 Å². The van der Waals surface area contributed by atoms with Gasteiger partial charge in [0, 0.05) is 108 Å². The number of aliphatic carboxylic acids is 1. The van der Waals surface area contributed by atoms with Gasteiger partial charge in [0.2, 0.25) is 29.5 Å². The minimum atomic E-state index is -1.28. The number of nitrogens with zero attached hydrogens (tertiary/aromatic N) is 4. The van der Waals surface area contributed by atoms with Crippen LogP contribution in [0, 0.1) is 5.92 Å². The van der Waals surface area contributed by atoms with Crippen molar-refractivity contribution in [2.75, 3.05) is 59.0 Å². The summed E-state index contributed by atoms with van der Waals surface area (Å²) < 4.78 is 5.56. The number of hydroxylamine groups is 6. The molecular weight excluding hydrogens is 1050 g/mol. The zero-order chi connectivity index (χ0) is 59.2. The Bertz CT molecular complexity index is 2230. The second-order valence-electron chi connectivity index (χ2n) is 19.5. The first-order valence-corrected chi connectivity index (χ1v) is 27.5. The minimum absolute atomic E-state index is 0.0240. The maximum atomic E-state index is 13.3. The van der Waals surface area contributed by atoms with Gasteiger partial charge in [0.25, 0.3) is 23.6 Å². The van der Waals surface area contributed by atoms with Crippen molar-refractivity contribution in [2.24, 2.45) is 11.7 Å². The van der Waals surface area contributed by atoms with Gasteiger partial charge in [-0.1, -0.05) is 25.3 Å². The monoisotopic (exact) mass is 1130 g/mol. The molecule has 10 N–H and O–H groups in total. The SMILES string of the molecule is CC(=O)N(O)CCCCCNC(=O)CCC(=O)N(O)CCCCCCC(=O)CCC(=O)N(O)CCCCCNC(=O)COc1cccc(C(=O)NCC(=O)C[C@@H](CCCCN)C(=O)N[C@@H](CCCCN2C(=O)C=CC2=O)C(=O)O)c1. The van der Waals surface area contributed by atoms with E-state index >= 15 is 0 Å². The van der Waals surface area contributed by atoms with Crippen LogP contribution in [-0.2, 0) is 52.7 Å². The van der Waals surface area contributed by atoms with Crippen LogP contribution in [0.25, 0.3) is 0 Å². The molecule has 9 amide bonds. The Morgan fingerprint density at radius 2 is 1.20 bits per heavy atom. The maximum Gasteiger partial charge on any atom is 0.326 e. The van der Waals surface area contributed by atoms with Gasteiger partial charge in [-0.3, -0.25) is 73.3 Å². The summed E-state index contributed by atoms with van der Waals surface area (Å²) in [5.41, 5.74) is 5.75. The van der Waals surface area contributed by atoms with Crippen LogP contribution < -0.4 is 31.7 Å². The highest BCUT2D eigenvalue weighted by molar-refractivity contribution is 6.12. The Labute approximate surface area is 466 Å². The molecule has 0 radical (unpaired) electrons. The summed E-state index contributed by atoms with van der Waals surface area (Å²) >= 11 is 0. The van der Waals surface area contributed by atoms with Crippen molar-refractivity contribution in [1.29, 1.82) is 0 Å². The molecule has 1 heterocycles. The second-order valence-corrected chi connectivity index (χ2v) is 19.5. The summed E-state index contributed by atoms with van der Waals surface area (Å²) in [6.45, 7) is 1.91. The molecule has 1 aromatic carbocycles. The van der Waals surface area contributed by atoms with Crippen LogP contribution in [0.5, 0.6) is 5.75 Å². The number of rotatable bonds is 45. The summed E-state index contributed by atoms with van der Waals surface area (Å²) in [6.07, 6.45) is 9.56. The predicted molar refractivity (Wildman–Crippen MR) is 286 cm³/mol. The fourth-order valence-electron chi connectivity index (χ4n) is 8.10. The second kappa shape index (κ2) is 40.1. The van der Waals surface area contributed by atoms with Crippen molar-refractivity contribution in [3.05, 3.63) is 42.0 Å². The van der Waals surface area contributed by atoms with Crippen molar-refractivity contribution < 1.29 is 83.0 Å². The van der Waals surface area contributed by atoms with E-state index in [1.54, 1.807) is 0 Å². The zero-order valence-corrected chi connectivity index (χ0v) is 46.0. The van der Waals surface area contributed by atoms with E-state index in [9.17, 15) is 78.3 Å². The molecule has 80 heavy (non-hydrogen) atoms. The average Bonchev–Trinajstić information content (AvgIpc) is 3.75. The Kier molecular flexibility index (Phi) is 34.5. The van der Waals surface area contributed by atoms with Crippen LogP contribution in [0.2, 0.25) is 0 Å².